The monoisotopic (exact) mass is 650 g/mol. The lowest BCUT2D eigenvalue weighted by molar-refractivity contribution is -0.192. The van der Waals surface area contributed by atoms with Gasteiger partial charge in [-0.15, -0.1) is 0 Å². The SMILES string of the molecule is C.N=C(N)c1ccc(CCC(=O)CNC(=O)[C@@H](CCc2ccccc2)CS(=O)(=O)Cc2ccncc2)cc1.O=C(O)C(F)(F)F. The maximum atomic E-state index is 13.0. The van der Waals surface area contributed by atoms with Gasteiger partial charge in [-0.25, -0.2) is 13.2 Å². The number of aliphatic carboxylic acids is 1. The van der Waals surface area contributed by atoms with Crippen LogP contribution < -0.4 is 11.1 Å². The minimum Gasteiger partial charge on any atom is -0.475 e. The number of nitrogen functional groups attached to an aromatic ring is 1. The maximum Gasteiger partial charge on any atom is 0.490 e. The Morgan fingerprint density at radius 2 is 1.47 bits per heavy atom. The fourth-order valence-electron chi connectivity index (χ4n) is 3.93. The normalized spacial score (nSPS) is 11.6. The molecular weight excluding hydrogens is 613 g/mol. The van der Waals surface area contributed by atoms with Crippen LogP contribution >= 0.6 is 0 Å². The first-order valence-electron chi connectivity index (χ1n) is 13.3. The van der Waals surface area contributed by atoms with Crippen LogP contribution in [-0.4, -0.2) is 60.5 Å². The van der Waals surface area contributed by atoms with Crippen molar-refractivity contribution in [1.29, 1.82) is 5.41 Å². The molecule has 2 aromatic carbocycles. The lowest BCUT2D eigenvalue weighted by atomic mass is 10.00. The number of aromatic nitrogens is 1. The second kappa shape index (κ2) is 18.3. The number of halogens is 3. The highest BCUT2D eigenvalue weighted by molar-refractivity contribution is 7.90. The van der Waals surface area contributed by atoms with Crippen LogP contribution in [0.25, 0.3) is 0 Å². The largest absolute Gasteiger partial charge is 0.490 e. The highest BCUT2D eigenvalue weighted by Crippen LogP contribution is 2.16. The molecule has 1 atom stereocenters. The average molecular weight is 651 g/mol. The molecule has 244 valence electrons. The van der Waals surface area contributed by atoms with E-state index in [0.717, 1.165) is 11.1 Å². The van der Waals surface area contributed by atoms with E-state index in [9.17, 15) is 31.2 Å². The second-order valence-corrected chi connectivity index (χ2v) is 11.9. The third-order valence-corrected chi connectivity index (χ3v) is 7.93. The number of amidine groups is 1. The maximum absolute atomic E-state index is 13.0. The van der Waals surface area contributed by atoms with Gasteiger partial charge in [0.2, 0.25) is 5.91 Å². The van der Waals surface area contributed by atoms with E-state index in [-0.39, 0.29) is 43.5 Å². The zero-order valence-electron chi connectivity index (χ0n) is 23.6. The number of carboxylic acids is 1. The number of nitrogens with zero attached hydrogens (tertiary/aromatic N) is 1. The molecule has 1 heterocycles. The Morgan fingerprint density at radius 3 is 2.00 bits per heavy atom. The molecule has 0 spiro atoms. The number of sulfone groups is 1. The summed E-state index contributed by atoms with van der Waals surface area (Å²) in [5, 5.41) is 17.2. The number of ketones is 1. The molecule has 0 saturated carbocycles. The molecule has 14 heteroatoms. The Labute approximate surface area is 260 Å². The van der Waals surface area contributed by atoms with Gasteiger partial charge in [0.05, 0.1) is 24.0 Å². The highest BCUT2D eigenvalue weighted by Gasteiger charge is 2.38. The molecule has 10 nitrogen and oxygen atoms in total. The van der Waals surface area contributed by atoms with Gasteiger partial charge < -0.3 is 16.2 Å². The topological polar surface area (TPSA) is 180 Å². The third kappa shape index (κ3) is 15.1. The highest BCUT2D eigenvalue weighted by atomic mass is 32.2. The summed E-state index contributed by atoms with van der Waals surface area (Å²) in [5.41, 5.74) is 8.62. The third-order valence-electron chi connectivity index (χ3n) is 6.25. The zero-order valence-corrected chi connectivity index (χ0v) is 24.4. The molecular formula is C31H37F3N4O6S. The van der Waals surface area contributed by atoms with Gasteiger partial charge in [0.15, 0.2) is 15.6 Å². The average Bonchev–Trinajstić information content (AvgIpc) is 2.97. The van der Waals surface area contributed by atoms with Crippen LogP contribution in [0.5, 0.6) is 0 Å². The summed E-state index contributed by atoms with van der Waals surface area (Å²) >= 11 is 0. The minimum atomic E-state index is -5.08. The van der Waals surface area contributed by atoms with Crippen LogP contribution in [0.2, 0.25) is 0 Å². The summed E-state index contributed by atoms with van der Waals surface area (Å²) in [6, 6.07) is 19.9. The number of nitrogens with two attached hydrogens (primary N) is 1. The van der Waals surface area contributed by atoms with E-state index < -0.39 is 33.8 Å². The Balaban J connectivity index is 0.00000113. The van der Waals surface area contributed by atoms with Crippen LogP contribution in [0.3, 0.4) is 0 Å². The van der Waals surface area contributed by atoms with E-state index >= 15 is 0 Å². The molecule has 1 aromatic heterocycles. The zero-order chi connectivity index (χ0) is 32.8. The molecule has 45 heavy (non-hydrogen) atoms. The Morgan fingerprint density at radius 1 is 0.911 bits per heavy atom. The number of pyridine rings is 1. The first-order chi connectivity index (χ1) is 20.7. The van der Waals surface area contributed by atoms with E-state index in [1.807, 2.05) is 42.5 Å². The molecule has 0 radical (unpaired) electrons. The summed E-state index contributed by atoms with van der Waals surface area (Å²) in [4.78, 5) is 38.2. The number of carboxylic acid groups (broad SMARTS) is 1. The molecule has 1 amide bonds. The molecule has 0 aliphatic carbocycles. The molecule has 3 aromatic rings. The van der Waals surface area contributed by atoms with Gasteiger partial charge >= 0.3 is 12.1 Å². The van der Waals surface area contributed by atoms with Crippen LogP contribution in [0.15, 0.2) is 79.1 Å². The van der Waals surface area contributed by atoms with Crippen molar-refractivity contribution in [2.75, 3.05) is 12.3 Å². The van der Waals surface area contributed by atoms with Gasteiger partial charge in [0, 0.05) is 24.4 Å². The fourth-order valence-corrected chi connectivity index (χ4v) is 5.68. The second-order valence-electron chi connectivity index (χ2n) is 9.80. The number of aryl methyl sites for hydroxylation is 2. The van der Waals surface area contributed by atoms with Crippen molar-refractivity contribution in [2.24, 2.45) is 11.7 Å². The summed E-state index contributed by atoms with van der Waals surface area (Å²) in [6.45, 7) is -0.156. The number of amides is 1. The van der Waals surface area contributed by atoms with Crippen LogP contribution in [0.4, 0.5) is 13.2 Å². The molecule has 0 aliphatic rings. The molecule has 0 unspecified atom stereocenters. The van der Waals surface area contributed by atoms with Gasteiger partial charge in [-0.1, -0.05) is 62.0 Å². The molecule has 0 fully saturated rings. The van der Waals surface area contributed by atoms with Gasteiger partial charge in [-0.2, -0.15) is 13.2 Å². The standard InChI is InChI=1S/C28H32N4O4S.C2HF3O2.CH4/c29-27(30)24-10-6-22(7-11-24)9-13-26(33)18-32-28(34)25(12-8-21-4-2-1-3-5-21)20-37(35,36)19-23-14-16-31-17-15-23;3-2(4,5)1(6)7;/h1-7,10-11,14-17,25H,8-9,12-13,18-20H2,(H3,29,30)(H,32,34);(H,6,7);1H4/t25-;;/m0../s1. The van der Waals surface area contributed by atoms with Gasteiger partial charge in [-0.05, 0) is 48.1 Å². The van der Waals surface area contributed by atoms with Crippen LogP contribution in [0.1, 0.15) is 42.5 Å². The summed E-state index contributed by atoms with van der Waals surface area (Å²) in [7, 11) is -3.58. The van der Waals surface area contributed by atoms with E-state index in [2.05, 4.69) is 10.3 Å². The fraction of sp³-hybridized carbons (Fsp3) is 0.323. The van der Waals surface area contributed by atoms with Gasteiger partial charge in [0.25, 0.3) is 0 Å². The smallest absolute Gasteiger partial charge is 0.475 e. The first kappa shape index (κ1) is 38.4. The predicted octanol–water partition coefficient (Wildman–Crippen LogP) is 4.12. The summed E-state index contributed by atoms with van der Waals surface area (Å²) < 4.78 is 57.5. The Kier molecular flexibility index (Phi) is 15.6. The van der Waals surface area contributed by atoms with Gasteiger partial charge in [-0.3, -0.25) is 20.0 Å². The summed E-state index contributed by atoms with van der Waals surface area (Å²) in [5.74, 6) is -4.61. The van der Waals surface area contributed by atoms with E-state index in [1.54, 1.807) is 24.3 Å². The Bertz CT molecular complexity index is 1500. The number of nitrogens with one attached hydrogen (secondary N) is 2. The van der Waals surface area contributed by atoms with E-state index in [1.165, 1.54) is 12.4 Å². The number of hydrogen-bond donors (Lipinski definition) is 4. The Hall–Kier alpha value is -4.59. The number of Topliss-reactive ketones (excluding diaryl/α,β-unsaturated/α-hetero) is 1. The number of alkyl halides is 3. The number of carbonyl (C=O) groups is 3. The lowest BCUT2D eigenvalue weighted by Crippen LogP contribution is -2.38. The van der Waals surface area contributed by atoms with Crippen molar-refractivity contribution in [2.45, 2.75) is 45.0 Å². The van der Waals surface area contributed by atoms with Crippen molar-refractivity contribution < 1.29 is 41.1 Å². The van der Waals surface area contributed by atoms with Gasteiger partial charge in [0.1, 0.15) is 5.84 Å². The van der Waals surface area contributed by atoms with Crippen LogP contribution in [-0.2, 0) is 42.8 Å². The lowest BCUT2D eigenvalue weighted by Gasteiger charge is -2.17. The number of hydrogen-bond acceptors (Lipinski definition) is 7. The van der Waals surface area contributed by atoms with Crippen molar-refractivity contribution in [3.8, 4) is 0 Å². The molecule has 3 rings (SSSR count). The summed E-state index contributed by atoms with van der Waals surface area (Å²) in [6.07, 6.45) is -0.392. The quantitative estimate of drug-likeness (QED) is 0.149. The van der Waals surface area contributed by atoms with Crippen molar-refractivity contribution in [3.05, 3.63) is 101 Å². The molecule has 0 aliphatic heterocycles. The van der Waals surface area contributed by atoms with E-state index in [4.69, 9.17) is 21.0 Å². The predicted molar refractivity (Wildman–Crippen MR) is 164 cm³/mol. The number of rotatable bonds is 14. The van der Waals surface area contributed by atoms with Crippen molar-refractivity contribution in [1.82, 2.24) is 10.3 Å². The minimum absolute atomic E-state index is 0. The van der Waals surface area contributed by atoms with Crippen molar-refractivity contribution >= 4 is 33.3 Å². The molecule has 5 N–H and O–H groups in total. The van der Waals surface area contributed by atoms with Crippen molar-refractivity contribution in [3.63, 3.8) is 0 Å². The molecule has 0 bridgehead atoms. The first-order valence-corrected chi connectivity index (χ1v) is 15.1. The number of carbonyl (C=O) groups excluding carboxylic acids is 2. The number of benzene rings is 2. The molecule has 0 saturated heterocycles. The van der Waals surface area contributed by atoms with E-state index in [0.29, 0.717) is 30.4 Å². The van der Waals surface area contributed by atoms with Crippen LogP contribution in [0, 0.1) is 11.3 Å².